The molecule has 1 aliphatic carbocycles. The molecule has 1 N–H and O–H groups in total. The maximum Gasteiger partial charge on any atom is 0.231 e. The highest BCUT2D eigenvalue weighted by molar-refractivity contribution is 5.77. The van der Waals surface area contributed by atoms with E-state index < -0.39 is 0 Å². The van der Waals surface area contributed by atoms with E-state index in [0.29, 0.717) is 0 Å². The summed E-state index contributed by atoms with van der Waals surface area (Å²) < 4.78 is 11.0. The summed E-state index contributed by atoms with van der Waals surface area (Å²) in [7, 11) is 0. The van der Waals surface area contributed by atoms with Gasteiger partial charge >= 0.3 is 0 Å². The van der Waals surface area contributed by atoms with Crippen molar-refractivity contribution in [1.29, 1.82) is 0 Å². The number of imidazole rings is 1. The Bertz CT molecular complexity index is 1050. The Balaban J connectivity index is 1.70. The fourth-order valence-corrected chi connectivity index (χ4v) is 4.32. The van der Waals surface area contributed by atoms with Gasteiger partial charge < -0.3 is 14.5 Å². The summed E-state index contributed by atoms with van der Waals surface area (Å²) in [6, 6.07) is 10.5. The van der Waals surface area contributed by atoms with E-state index in [1.165, 1.54) is 27.9 Å². The first kappa shape index (κ1) is 15.5. The number of hydrogen-bond acceptors (Lipinski definition) is 3. The second kappa shape index (κ2) is 5.13. The first-order valence-electron chi connectivity index (χ1n) is 9.03. The lowest BCUT2D eigenvalue weighted by atomic mass is 9.73. The van der Waals surface area contributed by atoms with Crippen LogP contribution in [0.4, 0.5) is 0 Å². The molecule has 0 bridgehead atoms. The average molecular weight is 346 g/mol. The summed E-state index contributed by atoms with van der Waals surface area (Å²) >= 11 is 0. The van der Waals surface area contributed by atoms with E-state index >= 15 is 0 Å². The average Bonchev–Trinajstić information content (AvgIpc) is 3.19. The first-order chi connectivity index (χ1) is 12.4. The van der Waals surface area contributed by atoms with Crippen LogP contribution in [0.25, 0.3) is 22.6 Å². The summed E-state index contributed by atoms with van der Waals surface area (Å²) in [6.45, 7) is 9.20. The van der Waals surface area contributed by atoms with Crippen LogP contribution in [0.3, 0.4) is 0 Å². The molecule has 0 saturated heterocycles. The zero-order chi connectivity index (χ0) is 18.1. The van der Waals surface area contributed by atoms with Gasteiger partial charge in [0, 0.05) is 22.2 Å². The van der Waals surface area contributed by atoms with E-state index in [4.69, 9.17) is 14.5 Å². The molecule has 2 aliphatic rings. The fraction of sp³-hybridized carbons (Fsp3) is 0.318. The Morgan fingerprint density at radius 2 is 1.85 bits per heavy atom. The lowest BCUT2D eigenvalue weighted by Crippen LogP contribution is -2.26. The third-order valence-corrected chi connectivity index (χ3v) is 5.46. The minimum atomic E-state index is 0.0180. The SMILES string of the molecule is Cc1cc(C)c2c(c1)CC(C)(C)c1[nH]c(-c3ccc4c(c3)OCO4)nc1-2. The van der Waals surface area contributed by atoms with Gasteiger partial charge in [-0.3, -0.25) is 0 Å². The van der Waals surface area contributed by atoms with Gasteiger partial charge in [-0.15, -0.1) is 0 Å². The van der Waals surface area contributed by atoms with Crippen LogP contribution in [0, 0.1) is 13.8 Å². The number of aromatic nitrogens is 2. The van der Waals surface area contributed by atoms with Crippen molar-refractivity contribution in [3.8, 4) is 34.1 Å². The van der Waals surface area contributed by atoms with Gasteiger partial charge in [0.25, 0.3) is 0 Å². The van der Waals surface area contributed by atoms with Gasteiger partial charge in [0.1, 0.15) is 5.82 Å². The number of aromatic amines is 1. The number of nitrogens with zero attached hydrogens (tertiary/aromatic N) is 1. The van der Waals surface area contributed by atoms with E-state index in [0.717, 1.165) is 35.0 Å². The third kappa shape index (κ3) is 2.18. The van der Waals surface area contributed by atoms with Crippen molar-refractivity contribution in [3.05, 3.63) is 52.7 Å². The van der Waals surface area contributed by atoms with Gasteiger partial charge in [0.15, 0.2) is 11.5 Å². The molecule has 0 fully saturated rings. The van der Waals surface area contributed by atoms with Crippen LogP contribution in [0.2, 0.25) is 0 Å². The number of benzene rings is 2. The van der Waals surface area contributed by atoms with E-state index in [9.17, 15) is 0 Å². The minimum absolute atomic E-state index is 0.0180. The molecule has 0 amide bonds. The molecule has 0 radical (unpaired) electrons. The van der Waals surface area contributed by atoms with Crippen molar-refractivity contribution in [2.75, 3.05) is 6.79 Å². The summed E-state index contributed by atoms with van der Waals surface area (Å²) in [4.78, 5) is 8.63. The molecule has 0 atom stereocenters. The molecule has 5 rings (SSSR count). The monoisotopic (exact) mass is 346 g/mol. The van der Waals surface area contributed by atoms with Crippen molar-refractivity contribution < 1.29 is 9.47 Å². The molecule has 4 nitrogen and oxygen atoms in total. The molecule has 2 aromatic carbocycles. The fourth-order valence-electron chi connectivity index (χ4n) is 4.32. The van der Waals surface area contributed by atoms with Gasteiger partial charge in [-0.1, -0.05) is 31.5 Å². The largest absolute Gasteiger partial charge is 0.454 e. The van der Waals surface area contributed by atoms with Crippen LogP contribution >= 0.6 is 0 Å². The predicted molar refractivity (Wildman–Crippen MR) is 102 cm³/mol. The Kier molecular flexibility index (Phi) is 3.06. The van der Waals surface area contributed by atoms with Crippen LogP contribution in [-0.4, -0.2) is 16.8 Å². The molecular weight excluding hydrogens is 324 g/mol. The zero-order valence-corrected chi connectivity index (χ0v) is 15.6. The number of fused-ring (bicyclic) bond motifs is 4. The molecule has 132 valence electrons. The summed E-state index contributed by atoms with van der Waals surface area (Å²) in [5.41, 5.74) is 8.62. The van der Waals surface area contributed by atoms with Crippen LogP contribution in [0.5, 0.6) is 11.5 Å². The number of nitrogens with one attached hydrogen (secondary N) is 1. The molecular formula is C22H22N2O2. The Labute approximate surface area is 153 Å². The number of hydrogen-bond donors (Lipinski definition) is 1. The number of H-pyrrole nitrogens is 1. The van der Waals surface area contributed by atoms with Crippen molar-refractivity contribution in [2.45, 2.75) is 39.5 Å². The topological polar surface area (TPSA) is 47.1 Å². The van der Waals surface area contributed by atoms with Gasteiger partial charge in [0.05, 0.1) is 5.69 Å². The maximum atomic E-state index is 5.53. The molecule has 0 spiro atoms. The second-order valence-corrected chi connectivity index (χ2v) is 8.05. The van der Waals surface area contributed by atoms with Crippen LogP contribution in [0.15, 0.2) is 30.3 Å². The number of ether oxygens (including phenoxy) is 2. The Morgan fingerprint density at radius 1 is 1.04 bits per heavy atom. The number of aryl methyl sites for hydroxylation is 2. The van der Waals surface area contributed by atoms with Crippen molar-refractivity contribution in [1.82, 2.24) is 9.97 Å². The van der Waals surface area contributed by atoms with Crippen molar-refractivity contribution >= 4 is 0 Å². The summed E-state index contributed by atoms with van der Waals surface area (Å²) in [5, 5.41) is 0. The zero-order valence-electron chi connectivity index (χ0n) is 15.6. The molecule has 1 aliphatic heterocycles. The normalized spacial score (nSPS) is 16.3. The van der Waals surface area contributed by atoms with Gasteiger partial charge in [0.2, 0.25) is 6.79 Å². The third-order valence-electron chi connectivity index (χ3n) is 5.46. The van der Waals surface area contributed by atoms with Crippen molar-refractivity contribution in [2.24, 2.45) is 0 Å². The van der Waals surface area contributed by atoms with Gasteiger partial charge in [-0.25, -0.2) is 4.98 Å². The Morgan fingerprint density at radius 3 is 2.69 bits per heavy atom. The van der Waals surface area contributed by atoms with Crippen LogP contribution < -0.4 is 9.47 Å². The Hall–Kier alpha value is -2.75. The summed E-state index contributed by atoms with van der Waals surface area (Å²) in [6.07, 6.45) is 1.01. The lowest BCUT2D eigenvalue weighted by Gasteiger charge is -2.31. The highest BCUT2D eigenvalue weighted by Gasteiger charge is 2.35. The quantitative estimate of drug-likeness (QED) is 0.680. The molecule has 0 saturated carbocycles. The molecule has 0 unspecified atom stereocenters. The first-order valence-corrected chi connectivity index (χ1v) is 9.03. The van der Waals surface area contributed by atoms with Crippen molar-refractivity contribution in [3.63, 3.8) is 0 Å². The summed E-state index contributed by atoms with van der Waals surface area (Å²) in [5.74, 6) is 2.46. The van der Waals surface area contributed by atoms with Crippen LogP contribution in [0.1, 0.15) is 36.2 Å². The molecule has 1 aromatic heterocycles. The molecule has 3 aromatic rings. The van der Waals surface area contributed by atoms with Crippen LogP contribution in [-0.2, 0) is 11.8 Å². The maximum absolute atomic E-state index is 5.53. The van der Waals surface area contributed by atoms with Gasteiger partial charge in [-0.2, -0.15) is 0 Å². The van der Waals surface area contributed by atoms with E-state index in [-0.39, 0.29) is 12.2 Å². The predicted octanol–water partition coefficient (Wildman–Crippen LogP) is 4.92. The molecule has 2 heterocycles. The highest BCUT2D eigenvalue weighted by Crippen LogP contribution is 2.45. The molecule has 4 heteroatoms. The van der Waals surface area contributed by atoms with Gasteiger partial charge in [-0.05, 0) is 49.6 Å². The lowest BCUT2D eigenvalue weighted by molar-refractivity contribution is 0.174. The smallest absolute Gasteiger partial charge is 0.231 e. The van der Waals surface area contributed by atoms with E-state index in [1.54, 1.807) is 0 Å². The highest BCUT2D eigenvalue weighted by atomic mass is 16.7. The van der Waals surface area contributed by atoms with E-state index in [1.807, 2.05) is 18.2 Å². The minimum Gasteiger partial charge on any atom is -0.454 e. The standard InChI is InChI=1S/C22H22N2O2/c1-12-7-13(2)18-15(8-12)10-22(3,4)20-19(18)23-21(24-20)14-5-6-16-17(9-14)26-11-25-16/h5-9H,10-11H2,1-4H3,(H,23,24). The second-order valence-electron chi connectivity index (χ2n) is 8.05. The number of rotatable bonds is 1. The van der Waals surface area contributed by atoms with E-state index in [2.05, 4.69) is 44.8 Å². The molecule has 26 heavy (non-hydrogen) atoms.